The van der Waals surface area contributed by atoms with Gasteiger partial charge in [-0.05, 0) is 119 Å². The number of hydrogen-bond acceptors (Lipinski definition) is 5. The van der Waals surface area contributed by atoms with Crippen molar-refractivity contribution in [1.29, 1.82) is 0 Å². The number of esters is 1. The monoisotopic (exact) mass is 437 g/mol. The van der Waals surface area contributed by atoms with Crippen molar-refractivity contribution in [2.24, 2.45) is 22.2 Å². The fourth-order valence-corrected chi connectivity index (χ4v) is 8.25. The van der Waals surface area contributed by atoms with Crippen molar-refractivity contribution >= 4 is 5.97 Å². The van der Waals surface area contributed by atoms with Gasteiger partial charge in [-0.1, -0.05) is 13.8 Å². The molecule has 4 unspecified atom stereocenters. The zero-order chi connectivity index (χ0) is 22.4. The molecule has 4 atom stereocenters. The van der Waals surface area contributed by atoms with E-state index in [4.69, 9.17) is 4.74 Å². The Morgan fingerprint density at radius 2 is 1.52 bits per heavy atom. The van der Waals surface area contributed by atoms with E-state index < -0.39 is 0 Å². The standard InChI is InChI=1S/C26H47NO4/c1-3-27(4-2)13-5-9-23(30)31-16-8-12-26-19-22-17-24(21-26,10-6-14-28)20-25(26,18-22)11-7-15-29/h22,28-29H,3-21H2,1-2H3. The second-order valence-corrected chi connectivity index (χ2v) is 11.0. The van der Waals surface area contributed by atoms with Crippen LogP contribution < -0.4 is 0 Å². The molecule has 0 saturated heterocycles. The summed E-state index contributed by atoms with van der Waals surface area (Å²) in [5, 5.41) is 19.0. The third kappa shape index (κ3) is 5.47. The van der Waals surface area contributed by atoms with Gasteiger partial charge in [0.15, 0.2) is 0 Å². The molecule has 31 heavy (non-hydrogen) atoms. The highest BCUT2D eigenvalue weighted by molar-refractivity contribution is 5.69. The molecule has 0 radical (unpaired) electrons. The predicted molar refractivity (Wildman–Crippen MR) is 124 cm³/mol. The number of nitrogens with zero attached hydrogens (tertiary/aromatic N) is 1. The highest BCUT2D eigenvalue weighted by Gasteiger charge is 2.69. The molecule has 0 amide bonds. The van der Waals surface area contributed by atoms with Gasteiger partial charge in [0.05, 0.1) is 6.61 Å². The first kappa shape index (κ1) is 25.0. The van der Waals surface area contributed by atoms with Crippen molar-refractivity contribution in [3.63, 3.8) is 0 Å². The largest absolute Gasteiger partial charge is 0.466 e. The van der Waals surface area contributed by atoms with E-state index in [0.29, 0.717) is 35.9 Å². The summed E-state index contributed by atoms with van der Waals surface area (Å²) in [7, 11) is 0. The van der Waals surface area contributed by atoms with Gasteiger partial charge in [0.2, 0.25) is 0 Å². The van der Waals surface area contributed by atoms with Crippen molar-refractivity contribution < 1.29 is 19.7 Å². The molecular formula is C26H47NO4. The van der Waals surface area contributed by atoms with Crippen LogP contribution in [0.3, 0.4) is 0 Å². The van der Waals surface area contributed by atoms with E-state index in [0.717, 1.165) is 70.5 Å². The molecule has 4 saturated carbocycles. The van der Waals surface area contributed by atoms with E-state index in [1.165, 1.54) is 32.1 Å². The first-order valence-corrected chi connectivity index (χ1v) is 13.1. The van der Waals surface area contributed by atoms with Gasteiger partial charge in [0.25, 0.3) is 0 Å². The lowest BCUT2D eigenvalue weighted by Crippen LogP contribution is -2.33. The van der Waals surface area contributed by atoms with Gasteiger partial charge in [-0.2, -0.15) is 0 Å². The zero-order valence-electron chi connectivity index (χ0n) is 20.2. The van der Waals surface area contributed by atoms with Crippen LogP contribution in [0, 0.1) is 22.2 Å². The number of carbonyl (C=O) groups excluding carboxylic acids is 1. The Morgan fingerprint density at radius 1 is 0.903 bits per heavy atom. The average molecular weight is 438 g/mol. The fourth-order valence-electron chi connectivity index (χ4n) is 8.25. The number of rotatable bonds is 16. The molecule has 4 aliphatic carbocycles. The Balaban J connectivity index is 1.50. The van der Waals surface area contributed by atoms with Gasteiger partial charge in [-0.3, -0.25) is 4.79 Å². The number of aliphatic hydroxyl groups excluding tert-OH is 2. The van der Waals surface area contributed by atoms with Crippen molar-refractivity contribution in [3.8, 4) is 0 Å². The van der Waals surface area contributed by atoms with Gasteiger partial charge in [-0.15, -0.1) is 0 Å². The van der Waals surface area contributed by atoms with Crippen molar-refractivity contribution in [3.05, 3.63) is 0 Å². The van der Waals surface area contributed by atoms with E-state index >= 15 is 0 Å². The van der Waals surface area contributed by atoms with E-state index in [-0.39, 0.29) is 12.6 Å². The minimum atomic E-state index is -0.0451. The molecule has 0 heterocycles. The second-order valence-electron chi connectivity index (χ2n) is 11.0. The predicted octanol–water partition coefficient (Wildman–Crippen LogP) is 4.54. The topological polar surface area (TPSA) is 70.0 Å². The first-order valence-electron chi connectivity index (χ1n) is 13.1. The maximum Gasteiger partial charge on any atom is 0.305 e. The summed E-state index contributed by atoms with van der Waals surface area (Å²) in [6.45, 7) is 8.49. The molecule has 0 spiro atoms. The van der Waals surface area contributed by atoms with Crippen LogP contribution in [0.5, 0.6) is 0 Å². The van der Waals surface area contributed by atoms with Gasteiger partial charge in [0.1, 0.15) is 0 Å². The van der Waals surface area contributed by atoms with E-state index in [2.05, 4.69) is 18.7 Å². The minimum Gasteiger partial charge on any atom is -0.466 e. The molecule has 5 nitrogen and oxygen atoms in total. The van der Waals surface area contributed by atoms with Crippen LogP contribution in [0.15, 0.2) is 0 Å². The summed E-state index contributed by atoms with van der Waals surface area (Å²) in [6.07, 6.45) is 14.2. The first-order chi connectivity index (χ1) is 15.0. The highest BCUT2D eigenvalue weighted by Crippen LogP contribution is 2.79. The molecule has 180 valence electrons. The fraction of sp³-hybridized carbons (Fsp3) is 0.962. The summed E-state index contributed by atoms with van der Waals surface area (Å²) in [4.78, 5) is 14.5. The molecule has 0 aromatic carbocycles. The van der Waals surface area contributed by atoms with Crippen molar-refractivity contribution in [2.45, 2.75) is 97.3 Å². The van der Waals surface area contributed by atoms with Crippen LogP contribution >= 0.6 is 0 Å². The Labute approximate surface area is 189 Å². The van der Waals surface area contributed by atoms with Crippen LogP contribution in [-0.4, -0.2) is 60.5 Å². The third-order valence-corrected chi connectivity index (χ3v) is 9.12. The quantitative estimate of drug-likeness (QED) is 0.274. The van der Waals surface area contributed by atoms with Crippen molar-refractivity contribution in [1.82, 2.24) is 4.90 Å². The summed E-state index contributed by atoms with van der Waals surface area (Å²) >= 11 is 0. The molecule has 0 aromatic rings. The Kier molecular flexibility index (Phi) is 8.85. The summed E-state index contributed by atoms with van der Waals surface area (Å²) in [5.74, 6) is 0.777. The van der Waals surface area contributed by atoms with Crippen LogP contribution in [0.4, 0.5) is 0 Å². The lowest BCUT2D eigenvalue weighted by Gasteiger charge is -2.41. The van der Waals surface area contributed by atoms with Crippen LogP contribution in [0.1, 0.15) is 97.3 Å². The summed E-state index contributed by atoms with van der Waals surface area (Å²) in [6, 6.07) is 0. The number of ether oxygens (including phenoxy) is 1. The summed E-state index contributed by atoms with van der Waals surface area (Å²) in [5.41, 5.74) is 1.16. The van der Waals surface area contributed by atoms with E-state index in [9.17, 15) is 15.0 Å². The number of aliphatic hydroxyl groups is 2. The Hall–Kier alpha value is -0.650. The van der Waals surface area contributed by atoms with Crippen molar-refractivity contribution in [2.75, 3.05) is 39.5 Å². The van der Waals surface area contributed by atoms with E-state index in [1.54, 1.807) is 0 Å². The Morgan fingerprint density at radius 3 is 2.13 bits per heavy atom. The SMILES string of the molecule is CCN(CC)CCCC(=O)OCCCC12CC3CC(CCCO)(CC1(CCCO)C3)C2. The molecule has 0 aromatic heterocycles. The number of carbonyl (C=O) groups is 1. The molecular weight excluding hydrogens is 390 g/mol. The minimum absolute atomic E-state index is 0.0451. The lowest BCUT2D eigenvalue weighted by molar-refractivity contribution is -0.144. The highest BCUT2D eigenvalue weighted by atomic mass is 16.5. The molecule has 0 aliphatic heterocycles. The number of hydrogen-bond donors (Lipinski definition) is 2. The average Bonchev–Trinajstić information content (AvgIpc) is 3.09. The maximum atomic E-state index is 12.2. The Bertz CT molecular complexity index is 580. The molecule has 2 N–H and O–H groups in total. The van der Waals surface area contributed by atoms with Crippen LogP contribution in [0.2, 0.25) is 0 Å². The normalized spacial score (nSPS) is 33.5. The van der Waals surface area contributed by atoms with Gasteiger partial charge >= 0.3 is 5.97 Å². The van der Waals surface area contributed by atoms with Gasteiger partial charge < -0.3 is 19.8 Å². The van der Waals surface area contributed by atoms with Crippen LogP contribution in [0.25, 0.3) is 0 Å². The second kappa shape index (κ2) is 11.0. The van der Waals surface area contributed by atoms with Gasteiger partial charge in [0, 0.05) is 19.6 Å². The third-order valence-electron chi connectivity index (χ3n) is 9.12. The molecule has 4 fully saturated rings. The van der Waals surface area contributed by atoms with E-state index in [1.807, 2.05) is 0 Å². The van der Waals surface area contributed by atoms with Gasteiger partial charge in [-0.25, -0.2) is 0 Å². The summed E-state index contributed by atoms with van der Waals surface area (Å²) < 4.78 is 5.61. The molecule has 4 aliphatic rings. The molecule has 4 bridgehead atoms. The lowest BCUT2D eigenvalue weighted by atomic mass is 9.63. The smallest absolute Gasteiger partial charge is 0.305 e. The maximum absolute atomic E-state index is 12.2. The molecule has 4 rings (SSSR count). The zero-order valence-corrected chi connectivity index (χ0v) is 20.2. The molecule has 5 heteroatoms. The van der Waals surface area contributed by atoms with Crippen LogP contribution in [-0.2, 0) is 9.53 Å².